The number of para-hydroxylation sites is 1. The van der Waals surface area contributed by atoms with E-state index in [9.17, 15) is 14.4 Å². The van der Waals surface area contributed by atoms with Crippen LogP contribution in [-0.4, -0.2) is 64.1 Å². The topological polar surface area (TPSA) is 101 Å². The lowest BCUT2D eigenvalue weighted by Crippen LogP contribution is -2.51. The number of benzene rings is 1. The summed E-state index contributed by atoms with van der Waals surface area (Å²) in [5, 5.41) is 9.25. The number of amides is 2. The Bertz CT molecular complexity index is 1120. The van der Waals surface area contributed by atoms with E-state index < -0.39 is 5.76 Å². The number of anilines is 1. The highest BCUT2D eigenvalue weighted by molar-refractivity contribution is 7.13. The van der Waals surface area contributed by atoms with Crippen LogP contribution in [0.3, 0.4) is 0 Å². The molecule has 0 spiro atoms. The van der Waals surface area contributed by atoms with E-state index in [-0.39, 0.29) is 30.8 Å². The minimum Gasteiger partial charge on any atom is -0.387 e. The SMILES string of the molecule is O=C(CN1CCN(C(=O)Cn2nc(-c3cccs3)oc2=O)CC1)Nc1ccccc1Cl. The number of aromatic nitrogens is 2. The van der Waals surface area contributed by atoms with E-state index in [1.165, 1.54) is 11.3 Å². The van der Waals surface area contributed by atoms with E-state index >= 15 is 0 Å². The summed E-state index contributed by atoms with van der Waals surface area (Å²) in [6.45, 7) is 2.05. The number of hydrogen-bond acceptors (Lipinski definition) is 7. The van der Waals surface area contributed by atoms with E-state index in [1.54, 1.807) is 35.2 Å². The smallest absolute Gasteiger partial charge is 0.387 e. The molecule has 0 bridgehead atoms. The standard InChI is InChI=1S/C20H20ClN5O4S/c21-14-4-1-2-5-15(14)22-17(27)12-24-7-9-25(10-8-24)18(28)13-26-20(29)30-19(23-26)16-6-3-11-31-16/h1-6,11H,7-10,12-13H2,(H,22,27). The Morgan fingerprint density at radius 3 is 2.58 bits per heavy atom. The second kappa shape index (κ2) is 9.46. The molecule has 2 aromatic heterocycles. The first-order valence-corrected chi connectivity index (χ1v) is 10.9. The summed E-state index contributed by atoms with van der Waals surface area (Å²) in [6.07, 6.45) is 0. The zero-order valence-corrected chi connectivity index (χ0v) is 18.1. The molecule has 9 nitrogen and oxygen atoms in total. The number of halogens is 1. The van der Waals surface area contributed by atoms with Crippen LogP contribution in [0.15, 0.2) is 51.0 Å². The van der Waals surface area contributed by atoms with Gasteiger partial charge in [0.1, 0.15) is 6.54 Å². The Labute approximate surface area is 186 Å². The fourth-order valence-electron chi connectivity index (χ4n) is 3.24. The Balaban J connectivity index is 1.27. The van der Waals surface area contributed by atoms with Gasteiger partial charge in [-0.05, 0) is 23.6 Å². The maximum Gasteiger partial charge on any atom is 0.437 e. The Morgan fingerprint density at radius 1 is 1.10 bits per heavy atom. The average Bonchev–Trinajstić information content (AvgIpc) is 3.41. The van der Waals surface area contributed by atoms with Crippen molar-refractivity contribution in [2.75, 3.05) is 38.0 Å². The molecule has 3 aromatic rings. The molecule has 1 aromatic carbocycles. The van der Waals surface area contributed by atoms with E-state index in [0.717, 1.165) is 9.56 Å². The first kappa shape index (κ1) is 21.3. The molecule has 162 valence electrons. The number of nitrogens with one attached hydrogen (secondary N) is 1. The molecule has 0 unspecified atom stereocenters. The van der Waals surface area contributed by atoms with Crippen molar-refractivity contribution in [2.24, 2.45) is 0 Å². The van der Waals surface area contributed by atoms with Crippen molar-refractivity contribution in [3.8, 4) is 10.8 Å². The quantitative estimate of drug-likeness (QED) is 0.602. The van der Waals surface area contributed by atoms with Gasteiger partial charge < -0.3 is 14.6 Å². The largest absolute Gasteiger partial charge is 0.437 e. The summed E-state index contributed by atoms with van der Waals surface area (Å²) in [7, 11) is 0. The zero-order chi connectivity index (χ0) is 21.8. The summed E-state index contributed by atoms with van der Waals surface area (Å²) >= 11 is 7.47. The number of nitrogens with zero attached hydrogens (tertiary/aromatic N) is 4. The first-order valence-electron chi connectivity index (χ1n) is 9.66. The fraction of sp³-hybridized carbons (Fsp3) is 0.300. The molecule has 0 aliphatic carbocycles. The molecule has 11 heteroatoms. The highest BCUT2D eigenvalue weighted by Gasteiger charge is 2.24. The zero-order valence-electron chi connectivity index (χ0n) is 16.5. The summed E-state index contributed by atoms with van der Waals surface area (Å²) in [5.41, 5.74) is 0.572. The van der Waals surface area contributed by atoms with Gasteiger partial charge in [0.2, 0.25) is 11.8 Å². The van der Waals surface area contributed by atoms with E-state index in [0.29, 0.717) is 36.9 Å². The normalized spacial score (nSPS) is 14.5. The van der Waals surface area contributed by atoms with Crippen LogP contribution in [0.4, 0.5) is 5.69 Å². The van der Waals surface area contributed by atoms with Crippen molar-refractivity contribution in [1.82, 2.24) is 19.6 Å². The molecule has 0 saturated carbocycles. The lowest BCUT2D eigenvalue weighted by Gasteiger charge is -2.34. The molecule has 3 heterocycles. The second-order valence-electron chi connectivity index (χ2n) is 6.99. The highest BCUT2D eigenvalue weighted by atomic mass is 35.5. The van der Waals surface area contributed by atoms with Crippen LogP contribution in [0.1, 0.15) is 0 Å². The molecule has 1 aliphatic rings. The summed E-state index contributed by atoms with van der Waals surface area (Å²) in [6, 6.07) is 10.7. The van der Waals surface area contributed by atoms with Gasteiger partial charge in [0.05, 0.1) is 22.1 Å². The monoisotopic (exact) mass is 461 g/mol. The molecular formula is C20H20ClN5O4S. The maximum absolute atomic E-state index is 12.6. The first-order chi connectivity index (χ1) is 15.0. The summed E-state index contributed by atoms with van der Waals surface area (Å²) < 4.78 is 6.18. The van der Waals surface area contributed by atoms with Crippen LogP contribution < -0.4 is 11.1 Å². The maximum atomic E-state index is 12.6. The molecule has 2 amide bonds. The van der Waals surface area contributed by atoms with Gasteiger partial charge in [0.15, 0.2) is 0 Å². The van der Waals surface area contributed by atoms with E-state index in [4.69, 9.17) is 16.0 Å². The van der Waals surface area contributed by atoms with Crippen LogP contribution in [-0.2, 0) is 16.1 Å². The number of piperazine rings is 1. The lowest BCUT2D eigenvalue weighted by molar-refractivity contribution is -0.134. The summed E-state index contributed by atoms with van der Waals surface area (Å²) in [5.74, 6) is -0.829. The number of rotatable bonds is 6. The summed E-state index contributed by atoms with van der Waals surface area (Å²) in [4.78, 5) is 41.2. The lowest BCUT2D eigenvalue weighted by atomic mass is 10.3. The van der Waals surface area contributed by atoms with Crippen molar-refractivity contribution < 1.29 is 14.0 Å². The van der Waals surface area contributed by atoms with Crippen molar-refractivity contribution in [3.05, 3.63) is 57.4 Å². The molecule has 0 atom stereocenters. The third-order valence-electron chi connectivity index (χ3n) is 4.86. The third kappa shape index (κ3) is 5.22. The number of thiophene rings is 1. The van der Waals surface area contributed by atoms with Gasteiger partial charge in [-0.15, -0.1) is 16.4 Å². The second-order valence-corrected chi connectivity index (χ2v) is 8.35. The van der Waals surface area contributed by atoms with Crippen LogP contribution in [0, 0.1) is 0 Å². The number of carbonyl (C=O) groups excluding carboxylic acids is 2. The minimum absolute atomic E-state index is 0.164. The molecule has 1 N–H and O–H groups in total. The Morgan fingerprint density at radius 2 is 1.87 bits per heavy atom. The Hall–Kier alpha value is -2.95. The molecule has 1 saturated heterocycles. The molecule has 0 radical (unpaired) electrons. The van der Waals surface area contributed by atoms with Crippen molar-refractivity contribution in [1.29, 1.82) is 0 Å². The minimum atomic E-state index is -0.661. The van der Waals surface area contributed by atoms with Gasteiger partial charge in [-0.2, -0.15) is 4.68 Å². The van der Waals surface area contributed by atoms with Gasteiger partial charge in [0, 0.05) is 26.2 Å². The van der Waals surface area contributed by atoms with Gasteiger partial charge in [0.25, 0.3) is 5.89 Å². The molecule has 31 heavy (non-hydrogen) atoms. The molecule has 1 aliphatic heterocycles. The number of carbonyl (C=O) groups is 2. The molecule has 4 rings (SSSR count). The number of hydrogen-bond donors (Lipinski definition) is 1. The average molecular weight is 462 g/mol. The highest BCUT2D eigenvalue weighted by Crippen LogP contribution is 2.21. The van der Waals surface area contributed by atoms with E-state index in [2.05, 4.69) is 10.4 Å². The fourth-order valence-corrected chi connectivity index (χ4v) is 4.07. The van der Waals surface area contributed by atoms with Crippen LogP contribution in [0.2, 0.25) is 5.02 Å². The third-order valence-corrected chi connectivity index (χ3v) is 6.05. The van der Waals surface area contributed by atoms with Gasteiger partial charge in [-0.3, -0.25) is 14.5 Å². The van der Waals surface area contributed by atoms with Crippen LogP contribution >= 0.6 is 22.9 Å². The van der Waals surface area contributed by atoms with Crippen molar-refractivity contribution in [3.63, 3.8) is 0 Å². The predicted molar refractivity (Wildman–Crippen MR) is 117 cm³/mol. The van der Waals surface area contributed by atoms with Gasteiger partial charge in [-0.1, -0.05) is 29.8 Å². The van der Waals surface area contributed by atoms with Crippen molar-refractivity contribution in [2.45, 2.75) is 6.54 Å². The van der Waals surface area contributed by atoms with Gasteiger partial charge in [-0.25, -0.2) is 4.79 Å². The Kier molecular flexibility index (Phi) is 6.50. The molecule has 1 fully saturated rings. The van der Waals surface area contributed by atoms with Crippen LogP contribution in [0.5, 0.6) is 0 Å². The van der Waals surface area contributed by atoms with E-state index in [1.807, 2.05) is 16.3 Å². The molecular weight excluding hydrogens is 442 g/mol. The predicted octanol–water partition coefficient (Wildman–Crippen LogP) is 2.00. The van der Waals surface area contributed by atoms with Crippen LogP contribution in [0.25, 0.3) is 10.8 Å². The van der Waals surface area contributed by atoms with Crippen molar-refractivity contribution >= 4 is 40.4 Å². The van der Waals surface area contributed by atoms with Gasteiger partial charge >= 0.3 is 5.76 Å².